The Bertz CT molecular complexity index is 806. The van der Waals surface area contributed by atoms with Crippen molar-refractivity contribution in [3.05, 3.63) is 57.8 Å². The summed E-state index contributed by atoms with van der Waals surface area (Å²) in [5.74, 6) is -0.518. The molecule has 3 aromatic rings. The predicted molar refractivity (Wildman–Crippen MR) is 78.3 cm³/mol. The zero-order valence-corrected chi connectivity index (χ0v) is 12.5. The van der Waals surface area contributed by atoms with Gasteiger partial charge in [-0.15, -0.1) is 0 Å². The maximum atomic E-state index is 13.9. The molecule has 21 heavy (non-hydrogen) atoms. The standard InChI is InChI=1S/C14H7F4IN2/c15-11-5-9(7-21-12(19)6-20-13(11)21)8-1-3-10(4-2-8)14(16,17)18/h1-7H. The number of hydrogen-bond acceptors (Lipinski definition) is 1. The zero-order valence-electron chi connectivity index (χ0n) is 10.3. The summed E-state index contributed by atoms with van der Waals surface area (Å²) in [5.41, 5.74) is 0.456. The van der Waals surface area contributed by atoms with Crippen molar-refractivity contribution in [2.45, 2.75) is 6.18 Å². The Morgan fingerprint density at radius 3 is 2.33 bits per heavy atom. The van der Waals surface area contributed by atoms with Crippen molar-refractivity contribution in [2.75, 3.05) is 0 Å². The van der Waals surface area contributed by atoms with E-state index < -0.39 is 17.6 Å². The highest BCUT2D eigenvalue weighted by Gasteiger charge is 2.30. The van der Waals surface area contributed by atoms with Gasteiger partial charge in [0.1, 0.15) is 3.70 Å². The summed E-state index contributed by atoms with van der Waals surface area (Å²) in [6.45, 7) is 0. The Hall–Kier alpha value is -1.64. The smallest absolute Gasteiger partial charge is 0.292 e. The molecule has 0 radical (unpaired) electrons. The second kappa shape index (κ2) is 4.97. The molecule has 1 aromatic carbocycles. The van der Waals surface area contributed by atoms with Gasteiger partial charge in [-0.3, -0.25) is 4.40 Å². The minimum atomic E-state index is -4.38. The van der Waals surface area contributed by atoms with E-state index in [1.54, 1.807) is 10.6 Å². The average molecular weight is 406 g/mol. The average Bonchev–Trinajstić information content (AvgIpc) is 2.80. The SMILES string of the molecule is Fc1cc(-c2ccc(C(F)(F)F)cc2)cn2c(I)cnc12. The Morgan fingerprint density at radius 2 is 1.71 bits per heavy atom. The molecule has 0 saturated carbocycles. The topological polar surface area (TPSA) is 17.3 Å². The van der Waals surface area contributed by atoms with E-state index in [1.807, 2.05) is 22.6 Å². The van der Waals surface area contributed by atoms with Crippen LogP contribution in [0.3, 0.4) is 0 Å². The molecule has 0 bridgehead atoms. The lowest BCUT2D eigenvalue weighted by molar-refractivity contribution is -0.137. The van der Waals surface area contributed by atoms with Gasteiger partial charge in [0, 0.05) is 11.8 Å². The lowest BCUT2D eigenvalue weighted by atomic mass is 10.1. The molecule has 3 rings (SSSR count). The number of fused-ring (bicyclic) bond motifs is 1. The van der Waals surface area contributed by atoms with Crippen LogP contribution in [0, 0.1) is 9.52 Å². The van der Waals surface area contributed by atoms with Crippen LogP contribution in [0.4, 0.5) is 17.6 Å². The van der Waals surface area contributed by atoms with Gasteiger partial charge in [-0.25, -0.2) is 9.37 Å². The van der Waals surface area contributed by atoms with E-state index in [-0.39, 0.29) is 5.65 Å². The van der Waals surface area contributed by atoms with Crippen LogP contribution in [0.2, 0.25) is 0 Å². The van der Waals surface area contributed by atoms with E-state index in [4.69, 9.17) is 0 Å². The van der Waals surface area contributed by atoms with E-state index in [2.05, 4.69) is 4.98 Å². The molecule has 0 atom stereocenters. The summed E-state index contributed by atoms with van der Waals surface area (Å²) in [6.07, 6.45) is -1.21. The summed E-state index contributed by atoms with van der Waals surface area (Å²) >= 11 is 2.01. The highest BCUT2D eigenvalue weighted by Crippen LogP contribution is 2.31. The molecule has 7 heteroatoms. The van der Waals surface area contributed by atoms with Gasteiger partial charge in [-0.2, -0.15) is 13.2 Å². The summed E-state index contributed by atoms with van der Waals surface area (Å²) < 4.78 is 53.8. The van der Waals surface area contributed by atoms with Gasteiger partial charge < -0.3 is 0 Å². The van der Waals surface area contributed by atoms with Crippen LogP contribution in [0.1, 0.15) is 5.56 Å². The van der Waals surface area contributed by atoms with Crippen molar-refractivity contribution in [2.24, 2.45) is 0 Å². The van der Waals surface area contributed by atoms with Gasteiger partial charge in [-0.05, 0) is 46.4 Å². The van der Waals surface area contributed by atoms with E-state index in [9.17, 15) is 17.6 Å². The first-order valence-corrected chi connectivity index (χ1v) is 6.94. The number of hydrogen-bond donors (Lipinski definition) is 0. The van der Waals surface area contributed by atoms with Crippen LogP contribution in [0.25, 0.3) is 16.8 Å². The molecule has 2 heterocycles. The molecule has 0 aliphatic rings. The van der Waals surface area contributed by atoms with Gasteiger partial charge in [-0.1, -0.05) is 12.1 Å². The molecule has 108 valence electrons. The van der Waals surface area contributed by atoms with Gasteiger partial charge in [0.2, 0.25) is 0 Å². The Balaban J connectivity index is 2.10. The number of rotatable bonds is 1. The van der Waals surface area contributed by atoms with Gasteiger partial charge in [0.05, 0.1) is 11.8 Å². The van der Waals surface area contributed by atoms with Crippen LogP contribution in [0.15, 0.2) is 42.7 Å². The Morgan fingerprint density at radius 1 is 1.05 bits per heavy atom. The van der Waals surface area contributed by atoms with Crippen LogP contribution in [0.5, 0.6) is 0 Å². The first-order valence-electron chi connectivity index (χ1n) is 5.86. The maximum Gasteiger partial charge on any atom is 0.416 e. The molecule has 2 aromatic heterocycles. The second-order valence-corrected chi connectivity index (χ2v) is 5.53. The summed E-state index contributed by atoms with van der Waals surface area (Å²) in [6, 6.07) is 5.88. The third kappa shape index (κ3) is 2.61. The number of benzene rings is 1. The molecule has 0 spiro atoms. The number of alkyl halides is 3. The predicted octanol–water partition coefficient (Wildman–Crippen LogP) is 4.76. The van der Waals surface area contributed by atoms with Gasteiger partial charge in [0.25, 0.3) is 0 Å². The van der Waals surface area contributed by atoms with Crippen molar-refractivity contribution < 1.29 is 17.6 Å². The molecule has 0 aliphatic heterocycles. The van der Waals surface area contributed by atoms with Crippen molar-refractivity contribution in [3.8, 4) is 11.1 Å². The fraction of sp³-hybridized carbons (Fsp3) is 0.0714. The van der Waals surface area contributed by atoms with Crippen molar-refractivity contribution in [1.29, 1.82) is 0 Å². The molecule has 0 fully saturated rings. The molecular weight excluding hydrogens is 399 g/mol. The molecule has 2 nitrogen and oxygen atoms in total. The van der Waals surface area contributed by atoms with Crippen LogP contribution in [-0.2, 0) is 6.18 Å². The molecule has 0 saturated heterocycles. The van der Waals surface area contributed by atoms with Crippen LogP contribution < -0.4 is 0 Å². The van der Waals surface area contributed by atoms with Gasteiger partial charge >= 0.3 is 6.18 Å². The molecular formula is C14H7F4IN2. The number of imidazole rings is 1. The third-order valence-electron chi connectivity index (χ3n) is 3.06. The molecule has 0 aliphatic carbocycles. The second-order valence-electron chi connectivity index (χ2n) is 4.43. The largest absolute Gasteiger partial charge is 0.416 e. The Kier molecular flexibility index (Phi) is 3.39. The lowest BCUT2D eigenvalue weighted by Crippen LogP contribution is -2.04. The minimum Gasteiger partial charge on any atom is -0.292 e. The van der Waals surface area contributed by atoms with E-state index in [0.717, 1.165) is 15.8 Å². The zero-order chi connectivity index (χ0) is 15.2. The highest BCUT2D eigenvalue weighted by atomic mass is 127. The number of halogens is 5. The fourth-order valence-corrected chi connectivity index (χ4v) is 2.53. The monoisotopic (exact) mass is 406 g/mol. The fourth-order valence-electron chi connectivity index (χ4n) is 2.03. The number of aromatic nitrogens is 2. The minimum absolute atomic E-state index is 0.190. The molecule has 0 unspecified atom stereocenters. The highest BCUT2D eigenvalue weighted by molar-refractivity contribution is 14.1. The summed E-state index contributed by atoms with van der Waals surface area (Å²) in [5, 5.41) is 0. The van der Waals surface area contributed by atoms with Crippen molar-refractivity contribution in [1.82, 2.24) is 9.38 Å². The lowest BCUT2D eigenvalue weighted by Gasteiger charge is -2.08. The van der Waals surface area contributed by atoms with Crippen LogP contribution >= 0.6 is 22.6 Å². The van der Waals surface area contributed by atoms with Crippen molar-refractivity contribution >= 4 is 28.2 Å². The molecule has 0 amide bonds. The van der Waals surface area contributed by atoms with E-state index in [1.165, 1.54) is 24.4 Å². The summed E-state index contributed by atoms with van der Waals surface area (Å²) in [4.78, 5) is 3.93. The van der Waals surface area contributed by atoms with Crippen molar-refractivity contribution in [3.63, 3.8) is 0 Å². The number of pyridine rings is 1. The Labute approximate surface area is 130 Å². The normalized spacial score (nSPS) is 12.0. The van der Waals surface area contributed by atoms with Crippen LogP contribution in [-0.4, -0.2) is 9.38 Å². The van der Waals surface area contributed by atoms with E-state index in [0.29, 0.717) is 11.1 Å². The first kappa shape index (κ1) is 14.3. The molecule has 0 N–H and O–H groups in total. The first-order chi connectivity index (χ1) is 9.86. The number of nitrogens with zero attached hydrogens (tertiary/aromatic N) is 2. The summed E-state index contributed by atoms with van der Waals surface area (Å²) in [7, 11) is 0. The third-order valence-corrected chi connectivity index (χ3v) is 3.86. The van der Waals surface area contributed by atoms with Gasteiger partial charge in [0.15, 0.2) is 11.5 Å². The quantitative estimate of drug-likeness (QED) is 0.421. The maximum absolute atomic E-state index is 13.9. The van der Waals surface area contributed by atoms with E-state index >= 15 is 0 Å².